The summed E-state index contributed by atoms with van der Waals surface area (Å²) in [5.74, 6) is 0.347. The smallest absolute Gasteiger partial charge is 0.344 e. The van der Waals surface area contributed by atoms with Gasteiger partial charge >= 0.3 is 5.97 Å². The minimum absolute atomic E-state index is 0.0496. The maximum absolute atomic E-state index is 11.4. The highest BCUT2D eigenvalue weighted by atomic mass is 16.6. The van der Waals surface area contributed by atoms with E-state index in [4.69, 9.17) is 9.47 Å². The van der Waals surface area contributed by atoms with Gasteiger partial charge < -0.3 is 14.8 Å². The molecule has 21 heavy (non-hydrogen) atoms. The van der Waals surface area contributed by atoms with Crippen LogP contribution in [0, 0.1) is 0 Å². The molecular formula is C17H27NO3. The van der Waals surface area contributed by atoms with E-state index in [1.165, 1.54) is 5.56 Å². The lowest BCUT2D eigenvalue weighted by Crippen LogP contribution is -2.28. The van der Waals surface area contributed by atoms with Gasteiger partial charge in [-0.15, -0.1) is 0 Å². The summed E-state index contributed by atoms with van der Waals surface area (Å²) in [5.41, 5.74) is 1.25. The van der Waals surface area contributed by atoms with Gasteiger partial charge in [0, 0.05) is 6.04 Å². The number of carbonyl (C=O) groups is 1. The molecule has 4 heteroatoms. The summed E-state index contributed by atoms with van der Waals surface area (Å²) in [5, 5.41) is 3.46. The van der Waals surface area contributed by atoms with E-state index in [0.29, 0.717) is 11.8 Å². The molecule has 0 heterocycles. The molecule has 0 aliphatic heterocycles. The molecule has 4 nitrogen and oxygen atoms in total. The molecule has 1 unspecified atom stereocenters. The molecule has 118 valence electrons. The zero-order valence-corrected chi connectivity index (χ0v) is 13.5. The average Bonchev–Trinajstić information content (AvgIpc) is 2.43. The molecule has 0 bridgehead atoms. The largest absolute Gasteiger partial charge is 0.482 e. The Kier molecular flexibility index (Phi) is 7.83. The fourth-order valence-corrected chi connectivity index (χ4v) is 1.98. The summed E-state index contributed by atoms with van der Waals surface area (Å²) in [6.07, 6.45) is 2.01. The average molecular weight is 293 g/mol. The fourth-order valence-electron chi connectivity index (χ4n) is 1.98. The summed E-state index contributed by atoms with van der Waals surface area (Å²) < 4.78 is 10.4. The highest BCUT2D eigenvalue weighted by molar-refractivity contribution is 5.71. The van der Waals surface area contributed by atoms with Crippen molar-refractivity contribution in [1.29, 1.82) is 0 Å². The van der Waals surface area contributed by atoms with Crippen LogP contribution in [0.15, 0.2) is 24.3 Å². The minimum atomic E-state index is -0.341. The van der Waals surface area contributed by atoms with E-state index in [-0.39, 0.29) is 18.7 Å². The summed E-state index contributed by atoms with van der Waals surface area (Å²) in [6, 6.07) is 8.31. The molecule has 1 rings (SSSR count). The lowest BCUT2D eigenvalue weighted by atomic mass is 10.1. The van der Waals surface area contributed by atoms with Gasteiger partial charge in [0.15, 0.2) is 6.61 Å². The van der Waals surface area contributed by atoms with E-state index in [2.05, 4.69) is 19.2 Å². The van der Waals surface area contributed by atoms with Gasteiger partial charge in [0.2, 0.25) is 0 Å². The molecule has 0 aliphatic rings. The molecule has 0 saturated carbocycles. The van der Waals surface area contributed by atoms with Crippen molar-refractivity contribution in [3.05, 3.63) is 29.8 Å². The van der Waals surface area contributed by atoms with E-state index in [1.54, 1.807) is 0 Å². The Bertz CT molecular complexity index is 415. The lowest BCUT2D eigenvalue weighted by molar-refractivity contribution is -0.149. The van der Waals surface area contributed by atoms with E-state index in [0.717, 1.165) is 19.4 Å². The second-order valence-electron chi connectivity index (χ2n) is 5.53. The van der Waals surface area contributed by atoms with Gasteiger partial charge in [-0.25, -0.2) is 4.79 Å². The van der Waals surface area contributed by atoms with Crippen LogP contribution in [0.25, 0.3) is 0 Å². The third-order valence-corrected chi connectivity index (χ3v) is 2.93. The predicted molar refractivity (Wildman–Crippen MR) is 84.6 cm³/mol. The fraction of sp³-hybridized carbons (Fsp3) is 0.588. The van der Waals surface area contributed by atoms with Gasteiger partial charge in [0.25, 0.3) is 0 Å². The van der Waals surface area contributed by atoms with E-state index >= 15 is 0 Å². The third kappa shape index (κ3) is 7.71. The topological polar surface area (TPSA) is 47.6 Å². The van der Waals surface area contributed by atoms with E-state index in [1.807, 2.05) is 38.1 Å². The molecule has 0 spiro atoms. The number of esters is 1. The van der Waals surface area contributed by atoms with Gasteiger partial charge in [-0.05, 0) is 57.9 Å². The first-order valence-electron chi connectivity index (χ1n) is 7.65. The maximum Gasteiger partial charge on any atom is 0.344 e. The first kappa shape index (κ1) is 17.5. The molecule has 0 fully saturated rings. The molecule has 0 aromatic heterocycles. The Labute approximate surface area is 127 Å². The van der Waals surface area contributed by atoms with E-state index < -0.39 is 0 Å². The number of benzene rings is 1. The van der Waals surface area contributed by atoms with Crippen LogP contribution in [0.4, 0.5) is 0 Å². The Hall–Kier alpha value is -1.55. The summed E-state index contributed by atoms with van der Waals surface area (Å²) in [7, 11) is 0. The zero-order chi connectivity index (χ0) is 15.7. The van der Waals surface area contributed by atoms with E-state index in [9.17, 15) is 4.79 Å². The van der Waals surface area contributed by atoms with Crippen LogP contribution in [-0.4, -0.2) is 31.3 Å². The molecule has 1 atom stereocenters. The number of nitrogens with one attached hydrogen (secondary N) is 1. The van der Waals surface area contributed by atoms with Crippen molar-refractivity contribution in [2.75, 3.05) is 13.2 Å². The number of rotatable bonds is 9. The molecule has 0 aliphatic carbocycles. The Morgan fingerprint density at radius 3 is 2.43 bits per heavy atom. The summed E-state index contributed by atoms with van der Waals surface area (Å²) >= 11 is 0. The summed E-state index contributed by atoms with van der Waals surface area (Å²) in [4.78, 5) is 11.4. The van der Waals surface area contributed by atoms with Crippen molar-refractivity contribution < 1.29 is 14.3 Å². The quantitative estimate of drug-likeness (QED) is 0.711. The third-order valence-electron chi connectivity index (χ3n) is 2.93. The van der Waals surface area contributed by atoms with Crippen molar-refractivity contribution in [2.24, 2.45) is 0 Å². The number of ether oxygens (including phenoxy) is 2. The second-order valence-corrected chi connectivity index (χ2v) is 5.53. The van der Waals surface area contributed by atoms with Crippen LogP contribution >= 0.6 is 0 Å². The molecule has 1 aromatic carbocycles. The maximum atomic E-state index is 11.4. The van der Waals surface area contributed by atoms with Crippen molar-refractivity contribution in [3.63, 3.8) is 0 Å². The van der Waals surface area contributed by atoms with Crippen LogP contribution in [0.5, 0.6) is 5.75 Å². The molecule has 1 aromatic rings. The van der Waals surface area contributed by atoms with Gasteiger partial charge in [-0.1, -0.05) is 19.1 Å². The highest BCUT2D eigenvalue weighted by Crippen LogP contribution is 2.13. The monoisotopic (exact) mass is 293 g/mol. The minimum Gasteiger partial charge on any atom is -0.482 e. The van der Waals surface area contributed by atoms with Crippen LogP contribution in [0.1, 0.15) is 39.7 Å². The Morgan fingerprint density at radius 1 is 1.19 bits per heavy atom. The van der Waals surface area contributed by atoms with Gasteiger partial charge in [0.05, 0.1) is 6.10 Å². The highest BCUT2D eigenvalue weighted by Gasteiger charge is 2.07. The number of hydrogen-bond donors (Lipinski definition) is 1. The molecule has 1 N–H and O–H groups in total. The van der Waals surface area contributed by atoms with Crippen molar-refractivity contribution in [2.45, 2.75) is 52.7 Å². The SMILES string of the molecule is CCCNC(C)Cc1ccc(OCC(=O)OC(C)C)cc1. The van der Waals surface area contributed by atoms with Crippen LogP contribution in [-0.2, 0) is 16.0 Å². The van der Waals surface area contributed by atoms with Gasteiger partial charge in [0.1, 0.15) is 5.75 Å². The van der Waals surface area contributed by atoms with Crippen LogP contribution in [0.2, 0.25) is 0 Å². The molecule has 0 radical (unpaired) electrons. The van der Waals surface area contributed by atoms with Crippen molar-refractivity contribution >= 4 is 5.97 Å². The predicted octanol–water partition coefficient (Wildman–Crippen LogP) is 2.95. The van der Waals surface area contributed by atoms with Gasteiger partial charge in [-0.3, -0.25) is 0 Å². The van der Waals surface area contributed by atoms with Gasteiger partial charge in [-0.2, -0.15) is 0 Å². The van der Waals surface area contributed by atoms with Crippen molar-refractivity contribution in [3.8, 4) is 5.75 Å². The first-order valence-corrected chi connectivity index (χ1v) is 7.65. The second kappa shape index (κ2) is 9.40. The molecular weight excluding hydrogens is 266 g/mol. The van der Waals surface area contributed by atoms with Crippen LogP contribution in [0.3, 0.4) is 0 Å². The Morgan fingerprint density at radius 2 is 1.86 bits per heavy atom. The number of carbonyl (C=O) groups excluding carboxylic acids is 1. The standard InChI is InChI=1S/C17H27NO3/c1-5-10-18-14(4)11-15-6-8-16(9-7-15)20-12-17(19)21-13(2)3/h6-9,13-14,18H,5,10-12H2,1-4H3. The lowest BCUT2D eigenvalue weighted by Gasteiger charge is -2.13. The Balaban J connectivity index is 2.38. The molecule has 0 amide bonds. The first-order chi connectivity index (χ1) is 10.0. The van der Waals surface area contributed by atoms with Crippen molar-refractivity contribution in [1.82, 2.24) is 5.32 Å². The van der Waals surface area contributed by atoms with Crippen LogP contribution < -0.4 is 10.1 Å². The molecule has 0 saturated heterocycles. The summed E-state index contributed by atoms with van der Waals surface area (Å²) in [6.45, 7) is 8.98. The zero-order valence-electron chi connectivity index (χ0n) is 13.5. The normalized spacial score (nSPS) is 12.2. The number of hydrogen-bond acceptors (Lipinski definition) is 4.